The highest BCUT2D eigenvalue weighted by Crippen LogP contribution is 2.31. The number of ether oxygens (including phenoxy) is 1. The molecule has 2 aliphatic rings. The van der Waals surface area contributed by atoms with Crippen LogP contribution >= 0.6 is 0 Å². The van der Waals surface area contributed by atoms with Crippen LogP contribution in [-0.2, 0) is 25.7 Å². The van der Waals surface area contributed by atoms with Crippen molar-refractivity contribution in [1.82, 2.24) is 25.0 Å². The molecule has 0 aliphatic carbocycles. The van der Waals surface area contributed by atoms with Crippen molar-refractivity contribution in [2.75, 3.05) is 19.8 Å². The van der Waals surface area contributed by atoms with E-state index in [1.807, 2.05) is 6.92 Å². The number of fused-ring (bicyclic) bond motifs is 1. The summed E-state index contributed by atoms with van der Waals surface area (Å²) >= 11 is 0. The minimum absolute atomic E-state index is 0.0228. The Balaban J connectivity index is 1.74. The number of hydrogen-bond donors (Lipinski definition) is 2. The van der Waals surface area contributed by atoms with E-state index in [0.717, 1.165) is 37.7 Å². The molecule has 1 fully saturated rings. The average Bonchev–Trinajstić information content (AvgIpc) is 3.09. The predicted molar refractivity (Wildman–Crippen MR) is 99.0 cm³/mol. The molecule has 1 aromatic rings. The van der Waals surface area contributed by atoms with Crippen molar-refractivity contribution < 1.29 is 19.1 Å². The van der Waals surface area contributed by atoms with Gasteiger partial charge in [0, 0.05) is 39.0 Å². The third-order valence-electron chi connectivity index (χ3n) is 5.30. The lowest BCUT2D eigenvalue weighted by atomic mass is 9.98. The molecule has 10 heteroatoms. The van der Waals surface area contributed by atoms with Crippen molar-refractivity contribution in [1.29, 1.82) is 0 Å². The largest absolute Gasteiger partial charge is 0.381 e. The van der Waals surface area contributed by atoms with Gasteiger partial charge in [0.1, 0.15) is 11.9 Å². The van der Waals surface area contributed by atoms with Gasteiger partial charge in [-0.2, -0.15) is 0 Å². The second-order valence-electron chi connectivity index (χ2n) is 7.56. The van der Waals surface area contributed by atoms with Gasteiger partial charge in [-0.15, -0.1) is 10.2 Å². The Kier molecular flexibility index (Phi) is 6.28. The average molecular weight is 392 g/mol. The van der Waals surface area contributed by atoms with Gasteiger partial charge in [0.15, 0.2) is 5.82 Å². The molecule has 2 aliphatic heterocycles. The summed E-state index contributed by atoms with van der Waals surface area (Å²) in [4.78, 5) is 37.3. The molecule has 2 atom stereocenters. The molecule has 0 bridgehead atoms. The summed E-state index contributed by atoms with van der Waals surface area (Å²) in [7, 11) is 0. The summed E-state index contributed by atoms with van der Waals surface area (Å²) in [5.74, 6) is 0.969. The Morgan fingerprint density at radius 1 is 1.29 bits per heavy atom. The van der Waals surface area contributed by atoms with Crippen LogP contribution in [0.1, 0.15) is 63.1 Å². The first-order valence-corrected chi connectivity index (χ1v) is 9.72. The molecule has 0 unspecified atom stereocenters. The standard InChI is InChI=1S/C18H28N6O4/c1-11-9-23(18(27)14(20-12(2)25)3-4-15(19)26)10-16-21-22-17(24(11)16)13-5-7-28-8-6-13/h11,13-14H,3-10H2,1-2H3,(H2,19,26)(H,20,25)/t11-,14-/m0/s1. The van der Waals surface area contributed by atoms with Gasteiger partial charge in [-0.05, 0) is 26.2 Å². The van der Waals surface area contributed by atoms with E-state index in [1.54, 1.807) is 4.90 Å². The van der Waals surface area contributed by atoms with Crippen molar-refractivity contribution in [3.8, 4) is 0 Å². The normalized spacial score (nSPS) is 21.1. The van der Waals surface area contributed by atoms with Crippen LogP contribution in [0.4, 0.5) is 0 Å². The van der Waals surface area contributed by atoms with E-state index in [4.69, 9.17) is 10.5 Å². The van der Waals surface area contributed by atoms with Gasteiger partial charge in [-0.25, -0.2) is 0 Å². The molecule has 3 heterocycles. The third kappa shape index (κ3) is 4.49. The van der Waals surface area contributed by atoms with E-state index in [9.17, 15) is 14.4 Å². The molecular formula is C18H28N6O4. The first kappa shape index (κ1) is 20.2. The maximum atomic E-state index is 13.0. The molecule has 1 saturated heterocycles. The predicted octanol–water partition coefficient (Wildman–Crippen LogP) is -0.154. The number of carbonyl (C=O) groups is 3. The molecule has 1 aromatic heterocycles. The lowest BCUT2D eigenvalue weighted by Crippen LogP contribution is -2.51. The van der Waals surface area contributed by atoms with Gasteiger partial charge in [0.2, 0.25) is 17.7 Å². The number of carbonyl (C=O) groups excluding carboxylic acids is 3. The molecule has 3 amide bonds. The summed E-state index contributed by atoms with van der Waals surface area (Å²) in [5.41, 5.74) is 5.20. The second-order valence-corrected chi connectivity index (χ2v) is 7.56. The fourth-order valence-corrected chi connectivity index (χ4v) is 3.97. The smallest absolute Gasteiger partial charge is 0.245 e. The lowest BCUT2D eigenvalue weighted by Gasteiger charge is -2.35. The minimum atomic E-state index is -0.776. The molecule has 10 nitrogen and oxygen atoms in total. The van der Waals surface area contributed by atoms with E-state index in [0.29, 0.717) is 19.0 Å². The van der Waals surface area contributed by atoms with E-state index < -0.39 is 11.9 Å². The highest BCUT2D eigenvalue weighted by Gasteiger charge is 2.34. The summed E-state index contributed by atoms with van der Waals surface area (Å²) in [6.07, 6.45) is 2.05. The summed E-state index contributed by atoms with van der Waals surface area (Å²) < 4.78 is 7.57. The van der Waals surface area contributed by atoms with E-state index in [-0.39, 0.29) is 30.7 Å². The number of aromatic nitrogens is 3. The Morgan fingerprint density at radius 3 is 2.64 bits per heavy atom. The first-order chi connectivity index (χ1) is 13.4. The lowest BCUT2D eigenvalue weighted by molar-refractivity contribution is -0.138. The Labute approximate surface area is 163 Å². The number of rotatable bonds is 6. The monoisotopic (exact) mass is 392 g/mol. The zero-order chi connectivity index (χ0) is 20.3. The summed E-state index contributed by atoms with van der Waals surface area (Å²) in [6, 6.07) is -0.753. The van der Waals surface area contributed by atoms with Crippen LogP contribution in [0, 0.1) is 0 Å². The molecule has 0 spiro atoms. The van der Waals surface area contributed by atoms with Crippen LogP contribution in [0.25, 0.3) is 0 Å². The third-order valence-corrected chi connectivity index (χ3v) is 5.30. The van der Waals surface area contributed by atoms with E-state index >= 15 is 0 Å². The van der Waals surface area contributed by atoms with Crippen molar-refractivity contribution in [3.05, 3.63) is 11.6 Å². The molecule has 154 valence electrons. The number of primary amides is 1. The minimum Gasteiger partial charge on any atom is -0.381 e. The Morgan fingerprint density at radius 2 is 2.00 bits per heavy atom. The van der Waals surface area contributed by atoms with E-state index in [1.165, 1.54) is 6.92 Å². The molecule has 3 rings (SSSR count). The number of hydrogen-bond acceptors (Lipinski definition) is 6. The summed E-state index contributed by atoms with van der Waals surface area (Å²) in [5, 5.41) is 11.4. The Hall–Kier alpha value is -2.49. The van der Waals surface area contributed by atoms with Gasteiger partial charge in [0.05, 0.1) is 12.6 Å². The fourth-order valence-electron chi connectivity index (χ4n) is 3.97. The second kappa shape index (κ2) is 8.68. The van der Waals surface area contributed by atoms with Crippen LogP contribution in [-0.4, -0.2) is 63.2 Å². The van der Waals surface area contributed by atoms with Crippen molar-refractivity contribution in [2.24, 2.45) is 5.73 Å². The zero-order valence-electron chi connectivity index (χ0n) is 16.4. The summed E-state index contributed by atoms with van der Waals surface area (Å²) in [6.45, 7) is 5.65. The van der Waals surface area contributed by atoms with Gasteiger partial charge in [0.25, 0.3) is 0 Å². The highest BCUT2D eigenvalue weighted by molar-refractivity contribution is 5.87. The zero-order valence-corrected chi connectivity index (χ0v) is 16.4. The molecule has 3 N–H and O–H groups in total. The SMILES string of the molecule is CC(=O)N[C@@H](CCC(N)=O)C(=O)N1Cc2nnc(C3CCOCC3)n2[C@@H](C)C1. The highest BCUT2D eigenvalue weighted by atomic mass is 16.5. The van der Waals surface area contributed by atoms with Gasteiger partial charge in [-0.3, -0.25) is 14.4 Å². The maximum Gasteiger partial charge on any atom is 0.245 e. The van der Waals surface area contributed by atoms with Crippen molar-refractivity contribution >= 4 is 17.7 Å². The first-order valence-electron chi connectivity index (χ1n) is 9.72. The molecular weight excluding hydrogens is 364 g/mol. The maximum absolute atomic E-state index is 13.0. The molecule has 0 aromatic carbocycles. The van der Waals surface area contributed by atoms with Gasteiger partial charge in [-0.1, -0.05) is 0 Å². The van der Waals surface area contributed by atoms with Crippen molar-refractivity contribution in [3.63, 3.8) is 0 Å². The van der Waals surface area contributed by atoms with Crippen LogP contribution in [0.15, 0.2) is 0 Å². The molecule has 0 radical (unpaired) electrons. The van der Waals surface area contributed by atoms with Crippen LogP contribution in [0.5, 0.6) is 0 Å². The number of nitrogens with one attached hydrogen (secondary N) is 1. The number of nitrogens with two attached hydrogens (primary N) is 1. The number of amides is 3. The van der Waals surface area contributed by atoms with Crippen molar-refractivity contribution in [2.45, 2.75) is 64.1 Å². The van der Waals surface area contributed by atoms with Gasteiger partial charge < -0.3 is 25.3 Å². The van der Waals surface area contributed by atoms with Crippen LogP contribution in [0.2, 0.25) is 0 Å². The fraction of sp³-hybridized carbons (Fsp3) is 0.722. The quantitative estimate of drug-likeness (QED) is 0.692. The van der Waals surface area contributed by atoms with E-state index in [2.05, 4.69) is 20.1 Å². The molecule has 28 heavy (non-hydrogen) atoms. The van der Waals surface area contributed by atoms with Gasteiger partial charge >= 0.3 is 0 Å². The topological polar surface area (TPSA) is 132 Å². The van der Waals surface area contributed by atoms with Crippen LogP contribution < -0.4 is 11.1 Å². The molecule has 0 saturated carbocycles. The van der Waals surface area contributed by atoms with Crippen LogP contribution in [0.3, 0.4) is 0 Å². The Bertz CT molecular complexity index is 742. The number of nitrogens with zero attached hydrogens (tertiary/aromatic N) is 4.